The Morgan fingerprint density at radius 3 is 2.66 bits per heavy atom. The number of carbonyl (C=O) groups excluding carboxylic acids is 1. The highest BCUT2D eigenvalue weighted by Gasteiger charge is 2.20. The molecule has 7 nitrogen and oxygen atoms in total. The summed E-state index contributed by atoms with van der Waals surface area (Å²) in [6.07, 6.45) is 0. The maximum Gasteiger partial charge on any atom is 0.276 e. The van der Waals surface area contributed by atoms with Crippen LogP contribution in [0.4, 0.5) is 15.8 Å². The molecule has 0 saturated carbocycles. The van der Waals surface area contributed by atoms with Crippen molar-refractivity contribution in [2.45, 2.75) is 6.92 Å². The number of nitrogens with one attached hydrogen (secondary N) is 1. The molecule has 1 aliphatic rings. The van der Waals surface area contributed by atoms with Gasteiger partial charge in [-0.2, -0.15) is 0 Å². The van der Waals surface area contributed by atoms with Crippen LogP contribution < -0.4 is 15.0 Å². The molecule has 29 heavy (non-hydrogen) atoms. The van der Waals surface area contributed by atoms with Gasteiger partial charge in [0.15, 0.2) is 0 Å². The van der Waals surface area contributed by atoms with Gasteiger partial charge in [-0.25, -0.2) is 14.4 Å². The molecule has 0 unspecified atom stereocenters. The molecule has 2 aromatic carbocycles. The van der Waals surface area contributed by atoms with Crippen molar-refractivity contribution in [1.29, 1.82) is 0 Å². The van der Waals surface area contributed by atoms with E-state index in [4.69, 9.17) is 9.47 Å². The van der Waals surface area contributed by atoms with E-state index in [0.717, 1.165) is 0 Å². The number of ether oxygens (including phenoxy) is 2. The minimum absolute atomic E-state index is 0.141. The lowest BCUT2D eigenvalue weighted by atomic mass is 10.2. The summed E-state index contributed by atoms with van der Waals surface area (Å²) in [5.74, 6) is -0.291. The van der Waals surface area contributed by atoms with Gasteiger partial charge < -0.3 is 19.7 Å². The second-order valence-corrected chi connectivity index (χ2v) is 6.70. The molecule has 1 aromatic heterocycles. The first-order valence-corrected chi connectivity index (χ1v) is 9.32. The van der Waals surface area contributed by atoms with Crippen molar-refractivity contribution in [3.63, 3.8) is 0 Å². The number of hydrogen-bond acceptors (Lipinski definition) is 6. The molecule has 1 fully saturated rings. The molecule has 4 rings (SSSR count). The summed E-state index contributed by atoms with van der Waals surface area (Å²) in [5.41, 5.74) is 2.47. The van der Waals surface area contributed by atoms with E-state index in [1.807, 2.05) is 11.0 Å². The largest absolute Gasteiger partial charge is 0.495 e. The first-order chi connectivity index (χ1) is 14.1. The van der Waals surface area contributed by atoms with Gasteiger partial charge in [-0.3, -0.25) is 4.79 Å². The van der Waals surface area contributed by atoms with E-state index in [2.05, 4.69) is 15.3 Å². The van der Waals surface area contributed by atoms with Crippen LogP contribution in [0.25, 0.3) is 11.0 Å². The van der Waals surface area contributed by atoms with Crippen molar-refractivity contribution in [2.24, 2.45) is 0 Å². The third-order valence-electron chi connectivity index (χ3n) is 4.83. The van der Waals surface area contributed by atoms with Gasteiger partial charge in [-0.05, 0) is 25.1 Å². The molecule has 0 atom stereocenters. The fourth-order valence-electron chi connectivity index (χ4n) is 3.35. The Balaban J connectivity index is 1.67. The van der Waals surface area contributed by atoms with Crippen LogP contribution in [0.15, 0.2) is 36.4 Å². The number of para-hydroxylation sites is 2. The Hall–Kier alpha value is -3.26. The van der Waals surface area contributed by atoms with Crippen molar-refractivity contribution in [3.05, 3.63) is 53.6 Å². The molecule has 2 heterocycles. The zero-order valence-electron chi connectivity index (χ0n) is 16.2. The summed E-state index contributed by atoms with van der Waals surface area (Å²) in [5, 5.41) is 2.78. The number of morpholine rings is 1. The van der Waals surface area contributed by atoms with E-state index in [1.54, 1.807) is 31.2 Å². The highest BCUT2D eigenvalue weighted by atomic mass is 19.1. The van der Waals surface area contributed by atoms with Crippen molar-refractivity contribution < 1.29 is 18.7 Å². The summed E-state index contributed by atoms with van der Waals surface area (Å²) in [6.45, 7) is 4.07. The van der Waals surface area contributed by atoms with E-state index >= 15 is 0 Å². The van der Waals surface area contributed by atoms with Crippen LogP contribution in [0, 0.1) is 12.7 Å². The predicted octanol–water partition coefficient (Wildman–Crippen LogP) is 3.17. The molecule has 8 heteroatoms. The zero-order chi connectivity index (χ0) is 20.4. The standard InChI is InChI=1S/C21H21FN4O3/c1-13-20(21(27)25-15-5-3-4-6-19(15)28-2)24-16-11-14(22)18(12-17(16)23-13)26-7-9-29-10-8-26/h3-6,11-12H,7-10H2,1-2H3,(H,25,27). The Bertz CT molecular complexity index is 1070. The number of aryl methyl sites for hydroxylation is 1. The fraction of sp³-hybridized carbons (Fsp3) is 0.286. The number of aromatic nitrogens is 2. The molecular weight excluding hydrogens is 375 g/mol. The maximum absolute atomic E-state index is 14.7. The van der Waals surface area contributed by atoms with Crippen LogP contribution in [-0.4, -0.2) is 49.3 Å². The first kappa shape index (κ1) is 19.1. The van der Waals surface area contributed by atoms with Gasteiger partial charge in [0.25, 0.3) is 5.91 Å². The molecule has 1 amide bonds. The lowest BCUT2D eigenvalue weighted by Crippen LogP contribution is -2.36. The van der Waals surface area contributed by atoms with Crippen molar-refractivity contribution in [1.82, 2.24) is 9.97 Å². The molecule has 0 spiro atoms. The minimum atomic E-state index is -0.431. The van der Waals surface area contributed by atoms with Gasteiger partial charge in [-0.1, -0.05) is 12.1 Å². The Morgan fingerprint density at radius 1 is 1.17 bits per heavy atom. The summed E-state index contributed by atoms with van der Waals surface area (Å²) in [4.78, 5) is 23.6. The molecule has 1 aliphatic heterocycles. The van der Waals surface area contributed by atoms with Crippen LogP contribution in [0.2, 0.25) is 0 Å². The average molecular weight is 396 g/mol. The monoisotopic (exact) mass is 396 g/mol. The number of amides is 1. The van der Waals surface area contributed by atoms with E-state index < -0.39 is 11.7 Å². The normalized spacial score (nSPS) is 14.1. The molecule has 3 aromatic rings. The lowest BCUT2D eigenvalue weighted by Gasteiger charge is -2.29. The predicted molar refractivity (Wildman–Crippen MR) is 108 cm³/mol. The zero-order valence-corrected chi connectivity index (χ0v) is 16.2. The van der Waals surface area contributed by atoms with Crippen molar-refractivity contribution in [2.75, 3.05) is 43.6 Å². The van der Waals surface area contributed by atoms with Gasteiger partial charge in [0.2, 0.25) is 0 Å². The molecular formula is C21H21FN4O3. The minimum Gasteiger partial charge on any atom is -0.495 e. The summed E-state index contributed by atoms with van der Waals surface area (Å²) in [7, 11) is 1.53. The Labute approximate surface area is 167 Å². The molecule has 1 N–H and O–H groups in total. The quantitative estimate of drug-likeness (QED) is 0.730. The van der Waals surface area contributed by atoms with Gasteiger partial charge in [-0.15, -0.1) is 0 Å². The van der Waals surface area contributed by atoms with Gasteiger partial charge in [0.05, 0.1) is 48.4 Å². The smallest absolute Gasteiger partial charge is 0.276 e. The molecule has 150 valence electrons. The van der Waals surface area contributed by atoms with Crippen LogP contribution >= 0.6 is 0 Å². The van der Waals surface area contributed by atoms with Crippen LogP contribution in [0.3, 0.4) is 0 Å². The first-order valence-electron chi connectivity index (χ1n) is 9.32. The number of rotatable bonds is 4. The van der Waals surface area contributed by atoms with Crippen LogP contribution in [-0.2, 0) is 4.74 Å². The molecule has 0 aliphatic carbocycles. The topological polar surface area (TPSA) is 76.6 Å². The number of methoxy groups -OCH3 is 1. The molecule has 0 bridgehead atoms. The Morgan fingerprint density at radius 2 is 1.90 bits per heavy atom. The fourth-order valence-corrected chi connectivity index (χ4v) is 3.35. The van der Waals surface area contributed by atoms with Crippen LogP contribution in [0.5, 0.6) is 5.75 Å². The highest BCUT2D eigenvalue weighted by Crippen LogP contribution is 2.27. The number of halogens is 1. The highest BCUT2D eigenvalue weighted by molar-refractivity contribution is 6.05. The van der Waals surface area contributed by atoms with Gasteiger partial charge in [0.1, 0.15) is 17.3 Å². The van der Waals surface area contributed by atoms with E-state index in [0.29, 0.717) is 60.2 Å². The third kappa shape index (κ3) is 3.84. The van der Waals surface area contributed by atoms with E-state index in [1.165, 1.54) is 13.2 Å². The maximum atomic E-state index is 14.7. The second kappa shape index (κ2) is 8.00. The number of benzene rings is 2. The number of nitrogens with zero attached hydrogens (tertiary/aromatic N) is 3. The van der Waals surface area contributed by atoms with Gasteiger partial charge >= 0.3 is 0 Å². The molecule has 0 radical (unpaired) electrons. The van der Waals surface area contributed by atoms with Crippen LogP contribution in [0.1, 0.15) is 16.2 Å². The molecule has 1 saturated heterocycles. The SMILES string of the molecule is COc1ccccc1NC(=O)c1nc2cc(F)c(N3CCOCC3)cc2nc1C. The summed E-state index contributed by atoms with van der Waals surface area (Å²) < 4.78 is 25.3. The lowest BCUT2D eigenvalue weighted by molar-refractivity contribution is 0.102. The Kier molecular flexibility index (Phi) is 5.26. The second-order valence-electron chi connectivity index (χ2n) is 6.70. The number of fused-ring (bicyclic) bond motifs is 1. The van der Waals surface area contributed by atoms with Gasteiger partial charge in [0, 0.05) is 19.2 Å². The summed E-state index contributed by atoms with van der Waals surface area (Å²) in [6, 6.07) is 10.1. The third-order valence-corrected chi connectivity index (χ3v) is 4.83. The van der Waals surface area contributed by atoms with E-state index in [-0.39, 0.29) is 5.69 Å². The summed E-state index contributed by atoms with van der Waals surface area (Å²) >= 11 is 0. The number of carbonyl (C=O) groups is 1. The number of hydrogen-bond donors (Lipinski definition) is 1. The van der Waals surface area contributed by atoms with Crippen molar-refractivity contribution >= 4 is 28.3 Å². The number of anilines is 2. The van der Waals surface area contributed by atoms with E-state index in [9.17, 15) is 9.18 Å². The van der Waals surface area contributed by atoms with Crippen molar-refractivity contribution in [3.8, 4) is 5.75 Å². The average Bonchev–Trinajstić information content (AvgIpc) is 2.74.